The highest BCUT2D eigenvalue weighted by molar-refractivity contribution is 7.91. The largest absolute Gasteiger partial charge is 0.465 e. The Hall–Kier alpha value is -2.49. The van der Waals surface area contributed by atoms with E-state index in [0.717, 1.165) is 10.2 Å². The van der Waals surface area contributed by atoms with E-state index in [1.807, 2.05) is 11.5 Å². The van der Waals surface area contributed by atoms with Crippen molar-refractivity contribution in [2.45, 2.75) is 24.8 Å². The Labute approximate surface area is 182 Å². The molecule has 0 N–H and O–H groups in total. The molecule has 2 aromatic carbocycles. The van der Waals surface area contributed by atoms with Crippen molar-refractivity contribution in [1.29, 1.82) is 0 Å². The van der Waals surface area contributed by atoms with Gasteiger partial charge in [0.2, 0.25) is 5.91 Å². The number of ether oxygens (including phenoxy) is 1. The Morgan fingerprint density at radius 2 is 1.87 bits per heavy atom. The lowest BCUT2D eigenvalue weighted by molar-refractivity contribution is -0.117. The number of carbonyl (C=O) groups is 2. The summed E-state index contributed by atoms with van der Waals surface area (Å²) >= 11 is 7.04. The number of fused-ring (bicyclic) bond motifs is 1. The number of thiazole rings is 1. The molecule has 10 heteroatoms. The minimum absolute atomic E-state index is 0.112. The Kier molecular flexibility index (Phi) is 6.74. The van der Waals surface area contributed by atoms with Crippen LogP contribution in [0.4, 0.5) is 0 Å². The summed E-state index contributed by atoms with van der Waals surface area (Å²) in [5.41, 5.74) is 1.23. The first-order valence-corrected chi connectivity index (χ1v) is 11.9. The standard InChI is InChI=1S/C20H19ClN2O5S2/c1-3-23-16-9-4-13(19(25)28-2)12-17(16)29-20(23)22-18(24)10-11-30(26,27)15-7-5-14(21)6-8-15/h4-9,12H,3,10-11H2,1-2H3. The van der Waals surface area contributed by atoms with Crippen molar-refractivity contribution in [3.63, 3.8) is 0 Å². The zero-order chi connectivity index (χ0) is 21.9. The van der Waals surface area contributed by atoms with Gasteiger partial charge in [-0.15, -0.1) is 0 Å². The Balaban J connectivity index is 1.85. The van der Waals surface area contributed by atoms with Crippen LogP contribution in [0, 0.1) is 0 Å². The van der Waals surface area contributed by atoms with Crippen LogP contribution in [-0.4, -0.2) is 37.7 Å². The van der Waals surface area contributed by atoms with Gasteiger partial charge >= 0.3 is 5.97 Å². The van der Waals surface area contributed by atoms with E-state index >= 15 is 0 Å². The maximum atomic E-state index is 12.4. The fourth-order valence-electron chi connectivity index (χ4n) is 2.85. The fraction of sp³-hybridized carbons (Fsp3) is 0.250. The number of methoxy groups -OCH3 is 1. The van der Waals surface area contributed by atoms with Gasteiger partial charge in [-0.2, -0.15) is 4.99 Å². The molecule has 30 heavy (non-hydrogen) atoms. The van der Waals surface area contributed by atoms with E-state index in [2.05, 4.69) is 4.99 Å². The number of amides is 1. The van der Waals surface area contributed by atoms with Crippen LogP contribution >= 0.6 is 22.9 Å². The second-order valence-electron chi connectivity index (χ2n) is 6.33. The van der Waals surface area contributed by atoms with Gasteiger partial charge in [0, 0.05) is 18.0 Å². The molecule has 0 saturated carbocycles. The molecule has 1 aromatic heterocycles. The maximum absolute atomic E-state index is 12.4. The molecule has 0 aliphatic heterocycles. The first-order valence-electron chi connectivity index (χ1n) is 9.02. The number of sulfone groups is 1. The monoisotopic (exact) mass is 466 g/mol. The number of rotatable bonds is 6. The quantitative estimate of drug-likeness (QED) is 0.518. The maximum Gasteiger partial charge on any atom is 0.337 e. The van der Waals surface area contributed by atoms with Crippen molar-refractivity contribution in [2.75, 3.05) is 12.9 Å². The van der Waals surface area contributed by atoms with Crippen LogP contribution in [0.15, 0.2) is 52.4 Å². The molecule has 0 spiro atoms. The Morgan fingerprint density at radius 1 is 1.17 bits per heavy atom. The number of benzene rings is 2. The van der Waals surface area contributed by atoms with Gasteiger partial charge in [-0.1, -0.05) is 22.9 Å². The molecule has 3 aromatic rings. The highest BCUT2D eigenvalue weighted by Crippen LogP contribution is 2.20. The summed E-state index contributed by atoms with van der Waals surface area (Å²) in [6.45, 7) is 2.47. The molecular formula is C20H19ClN2O5S2. The minimum Gasteiger partial charge on any atom is -0.465 e. The highest BCUT2D eigenvalue weighted by atomic mass is 35.5. The van der Waals surface area contributed by atoms with Crippen LogP contribution in [0.3, 0.4) is 0 Å². The molecule has 0 atom stereocenters. The Morgan fingerprint density at radius 3 is 2.50 bits per heavy atom. The molecule has 0 unspecified atom stereocenters. The molecule has 0 aliphatic rings. The van der Waals surface area contributed by atoms with Crippen LogP contribution in [0.5, 0.6) is 0 Å². The third-order valence-electron chi connectivity index (χ3n) is 4.40. The van der Waals surface area contributed by atoms with Crippen LogP contribution < -0.4 is 4.80 Å². The molecule has 0 fully saturated rings. The summed E-state index contributed by atoms with van der Waals surface area (Å²) in [4.78, 5) is 28.8. The highest BCUT2D eigenvalue weighted by Gasteiger charge is 2.17. The van der Waals surface area contributed by atoms with Crippen LogP contribution in [0.25, 0.3) is 10.2 Å². The van der Waals surface area contributed by atoms with Gasteiger partial charge in [-0.25, -0.2) is 13.2 Å². The van der Waals surface area contributed by atoms with Crippen LogP contribution in [-0.2, 0) is 25.9 Å². The van der Waals surface area contributed by atoms with Crippen LogP contribution in [0.1, 0.15) is 23.7 Å². The molecule has 1 heterocycles. The summed E-state index contributed by atoms with van der Waals surface area (Å²) in [7, 11) is -2.31. The molecule has 7 nitrogen and oxygen atoms in total. The topological polar surface area (TPSA) is 94.8 Å². The molecule has 0 aliphatic carbocycles. The van der Waals surface area contributed by atoms with Gasteiger partial charge in [-0.05, 0) is 49.4 Å². The number of hydrogen-bond donors (Lipinski definition) is 0. The van der Waals surface area contributed by atoms with E-state index in [4.69, 9.17) is 16.3 Å². The zero-order valence-corrected chi connectivity index (χ0v) is 18.7. The lowest BCUT2D eigenvalue weighted by Gasteiger charge is -2.03. The minimum atomic E-state index is -3.62. The summed E-state index contributed by atoms with van der Waals surface area (Å²) in [6.07, 6.45) is -0.240. The van der Waals surface area contributed by atoms with E-state index < -0.39 is 21.7 Å². The number of hydrogen-bond acceptors (Lipinski definition) is 6. The van der Waals surface area contributed by atoms with E-state index in [9.17, 15) is 18.0 Å². The van der Waals surface area contributed by atoms with Gasteiger partial charge in [-0.3, -0.25) is 4.79 Å². The lowest BCUT2D eigenvalue weighted by Crippen LogP contribution is -2.17. The molecule has 0 radical (unpaired) electrons. The summed E-state index contributed by atoms with van der Waals surface area (Å²) in [6, 6.07) is 10.9. The number of aromatic nitrogens is 1. The average Bonchev–Trinajstić information content (AvgIpc) is 3.08. The third kappa shape index (κ3) is 4.80. The number of esters is 1. The molecule has 3 rings (SSSR count). The van der Waals surface area contributed by atoms with Gasteiger partial charge < -0.3 is 9.30 Å². The fourth-order valence-corrected chi connectivity index (χ4v) is 5.36. The van der Waals surface area contributed by atoms with Gasteiger partial charge in [0.15, 0.2) is 14.6 Å². The van der Waals surface area contributed by atoms with Gasteiger partial charge in [0.05, 0.1) is 33.5 Å². The van der Waals surface area contributed by atoms with Crippen molar-refractivity contribution < 1.29 is 22.7 Å². The summed E-state index contributed by atoms with van der Waals surface area (Å²) in [5, 5.41) is 0.435. The molecule has 1 amide bonds. The van der Waals surface area contributed by atoms with E-state index in [1.165, 1.54) is 42.7 Å². The van der Waals surface area contributed by atoms with E-state index in [0.29, 0.717) is 21.9 Å². The molecule has 0 saturated heterocycles. The lowest BCUT2D eigenvalue weighted by atomic mass is 10.2. The van der Waals surface area contributed by atoms with Gasteiger partial charge in [0.25, 0.3) is 0 Å². The van der Waals surface area contributed by atoms with Gasteiger partial charge in [0.1, 0.15) is 0 Å². The zero-order valence-electron chi connectivity index (χ0n) is 16.3. The van der Waals surface area contributed by atoms with Crippen molar-refractivity contribution in [3.8, 4) is 0 Å². The van der Waals surface area contributed by atoms with E-state index in [-0.39, 0.29) is 17.1 Å². The van der Waals surface area contributed by atoms with Crippen LogP contribution in [0.2, 0.25) is 5.02 Å². The number of aryl methyl sites for hydroxylation is 1. The molecule has 0 bridgehead atoms. The van der Waals surface area contributed by atoms with Crippen molar-refractivity contribution in [3.05, 3.63) is 57.9 Å². The second kappa shape index (κ2) is 9.11. The van der Waals surface area contributed by atoms with Crippen molar-refractivity contribution >= 4 is 54.9 Å². The Bertz CT molecular complexity index is 1270. The number of nitrogens with zero attached hydrogens (tertiary/aromatic N) is 2. The van der Waals surface area contributed by atoms with E-state index in [1.54, 1.807) is 18.2 Å². The predicted octanol–water partition coefficient (Wildman–Crippen LogP) is 3.45. The second-order valence-corrected chi connectivity index (χ2v) is 9.89. The first kappa shape index (κ1) is 22.2. The number of carbonyl (C=O) groups excluding carboxylic acids is 2. The van der Waals surface area contributed by atoms with Crippen molar-refractivity contribution in [2.24, 2.45) is 4.99 Å². The first-order chi connectivity index (χ1) is 14.2. The third-order valence-corrected chi connectivity index (χ3v) is 7.42. The average molecular weight is 467 g/mol. The SMILES string of the molecule is CCn1c(=NC(=O)CCS(=O)(=O)c2ccc(Cl)cc2)sc2cc(C(=O)OC)ccc21. The molecular weight excluding hydrogens is 448 g/mol. The molecule has 158 valence electrons. The smallest absolute Gasteiger partial charge is 0.337 e. The summed E-state index contributed by atoms with van der Waals surface area (Å²) in [5.74, 6) is -1.33. The summed E-state index contributed by atoms with van der Waals surface area (Å²) < 4.78 is 32.2. The predicted molar refractivity (Wildman–Crippen MR) is 116 cm³/mol. The van der Waals surface area contributed by atoms with Crippen molar-refractivity contribution in [1.82, 2.24) is 4.57 Å². The number of halogens is 1. The normalized spacial score (nSPS) is 12.3.